The van der Waals surface area contributed by atoms with Crippen molar-refractivity contribution in [2.45, 2.75) is 362 Å². The van der Waals surface area contributed by atoms with Crippen LogP contribution in [-0.2, 0) is 67.4 Å². The number of allylic oxidation sites excluding steroid dienone is 6. The van der Waals surface area contributed by atoms with E-state index in [2.05, 4.69) is 274 Å². The molecule has 0 atom stereocenters. The van der Waals surface area contributed by atoms with E-state index in [1.165, 1.54) is 287 Å². The third-order valence-corrected chi connectivity index (χ3v) is 25.9. The minimum atomic E-state index is 1.01. The molecule has 4 nitrogen and oxygen atoms in total. The molecule has 120 heavy (non-hydrogen) atoms. The van der Waals surface area contributed by atoms with Gasteiger partial charge in [-0.25, -0.2) is 9.39 Å². The zero-order valence-corrected chi connectivity index (χ0v) is 78.3. The molecule has 0 fully saturated rings. The molecule has 654 valence electrons. The molecule has 2 heterocycles. The molecule has 0 radical (unpaired) electrons. The molecular formula is C114H158N4Ni2. The molecule has 0 unspecified atom stereocenters. The van der Waals surface area contributed by atoms with Crippen molar-refractivity contribution in [2.75, 3.05) is 0 Å². The van der Waals surface area contributed by atoms with E-state index in [4.69, 9.17) is 0 Å². The molecule has 0 saturated carbocycles. The molecule has 2 aliphatic heterocycles. The summed E-state index contributed by atoms with van der Waals surface area (Å²) in [5, 5.41) is 2.48. The van der Waals surface area contributed by atoms with E-state index in [1.54, 1.807) is 23.8 Å². The maximum atomic E-state index is 12.1. The number of nitrogens with zero attached hydrogens (tertiary/aromatic N) is 4. The molecule has 8 aromatic rings. The Bertz CT molecular complexity index is 4100. The van der Waals surface area contributed by atoms with E-state index in [0.717, 1.165) is 129 Å². The number of hydrogen-bond acceptors (Lipinski definition) is 0. The third kappa shape index (κ3) is 37.8. The van der Waals surface area contributed by atoms with E-state index < -0.39 is 0 Å². The van der Waals surface area contributed by atoms with Gasteiger partial charge in [-0.3, -0.25) is 0 Å². The van der Waals surface area contributed by atoms with Crippen molar-refractivity contribution in [1.29, 1.82) is 0 Å². The van der Waals surface area contributed by atoms with E-state index in [-0.39, 0.29) is 0 Å². The number of benzene rings is 8. The first kappa shape index (κ1) is 99.7. The molecule has 0 aromatic heterocycles. The second-order valence-electron chi connectivity index (χ2n) is 33.5. The van der Waals surface area contributed by atoms with Gasteiger partial charge in [-0.1, -0.05) is 283 Å². The van der Waals surface area contributed by atoms with Crippen LogP contribution in [0.2, 0.25) is 10.8 Å². The standard InChI is InChI=1S/C48H74N2.C38H56N2.2C8H9.2C6H5.2Ni/c1-5-9-13-15-16-17-18-19-20-21-22-23-24-25-26-28-32-42-33-29-30-36-44(42)48-46(35-12-8-4)45(34-11-7-3)47(50(48)49)43-39-37-41(38-40-43)31-27-14-10-6-2;1-5-9-13-16-20-32-25-29-34(30-26-32)38-36(22-18-15-11-7-3)35(21-17-14-10-6-2)37(40(38)39)33-27-23-31(24-28-33)19-12-8-4;2*1-2-8-6-4-3-5-7-8;2*1-2-4-6-5-3-1;;/h24-25,29-30,33,36-40H,5-23,26-28,31-32,34-35H2,1-4H3;23-30H,5-22H2,1-4H3;2*3-7H,1-2H2;2*1-5H;;. The molecule has 8 aromatic carbocycles. The van der Waals surface area contributed by atoms with Gasteiger partial charge in [0.15, 0.2) is 0 Å². The van der Waals surface area contributed by atoms with Gasteiger partial charge in [-0.05, 0) is 187 Å². The van der Waals surface area contributed by atoms with Crippen LogP contribution in [-0.4, -0.2) is 9.39 Å². The summed E-state index contributed by atoms with van der Waals surface area (Å²) in [6.45, 7) is 18.2. The van der Waals surface area contributed by atoms with Crippen molar-refractivity contribution in [3.8, 4) is 0 Å². The fourth-order valence-electron chi connectivity index (χ4n) is 16.3. The monoisotopic (exact) mass is 1700 g/mol. The molecule has 0 aliphatic carbocycles. The summed E-state index contributed by atoms with van der Waals surface area (Å²) in [5.41, 5.74) is 46.6. The predicted molar refractivity (Wildman–Crippen MR) is 517 cm³/mol. The molecular weight excluding hydrogens is 1540 g/mol. The summed E-state index contributed by atoms with van der Waals surface area (Å²) >= 11 is 3.46. The third-order valence-electron chi connectivity index (χ3n) is 23.5. The van der Waals surface area contributed by atoms with Gasteiger partial charge in [-0.2, -0.15) is 0 Å². The van der Waals surface area contributed by atoms with E-state index in [9.17, 15) is 11.1 Å². The Balaban J connectivity index is 0.000000248. The Kier molecular flexibility index (Phi) is 52.8. The Hall–Kier alpha value is -7.35. The summed E-state index contributed by atoms with van der Waals surface area (Å²) in [6, 6.07) is 78.4. The van der Waals surface area contributed by atoms with Crippen molar-refractivity contribution in [3.63, 3.8) is 0 Å². The summed E-state index contributed by atoms with van der Waals surface area (Å²) in [7, 11) is 0. The molecule has 2 aliphatic rings. The molecule has 0 N–H and O–H groups in total. The van der Waals surface area contributed by atoms with Gasteiger partial charge in [0.2, 0.25) is 22.8 Å². The Labute approximate surface area is 745 Å². The van der Waals surface area contributed by atoms with Crippen LogP contribution in [0, 0.1) is 0 Å². The van der Waals surface area contributed by atoms with Crippen molar-refractivity contribution in [2.24, 2.45) is 0 Å². The topological polar surface area (TPSA) is 50.6 Å². The van der Waals surface area contributed by atoms with Crippen LogP contribution in [0.1, 0.15) is 368 Å². The normalized spacial score (nSPS) is 12.8. The second kappa shape index (κ2) is 63.6. The van der Waals surface area contributed by atoms with Gasteiger partial charge in [-0.15, -0.1) is 0 Å². The van der Waals surface area contributed by atoms with Crippen molar-refractivity contribution in [3.05, 3.63) is 320 Å². The zero-order chi connectivity index (χ0) is 84.9. The van der Waals surface area contributed by atoms with E-state index in [1.807, 2.05) is 26.6 Å². The molecule has 0 saturated heterocycles. The minimum absolute atomic E-state index is 1.01. The second-order valence-corrected chi connectivity index (χ2v) is 36.3. The summed E-state index contributed by atoms with van der Waals surface area (Å²) in [6.07, 6.45) is 61.9. The van der Waals surface area contributed by atoms with Gasteiger partial charge in [0.05, 0.1) is 0 Å². The van der Waals surface area contributed by atoms with Gasteiger partial charge in [0, 0.05) is 44.5 Å². The molecule has 0 bridgehead atoms. The summed E-state index contributed by atoms with van der Waals surface area (Å²) < 4.78 is 5.75. The molecule has 10 rings (SSSR count). The first-order valence-electron chi connectivity index (χ1n) is 48.3. The average Bonchev–Trinajstić information content (AvgIpc) is 1.61. The van der Waals surface area contributed by atoms with Crippen LogP contribution in [0.25, 0.3) is 33.9 Å². The number of hydrogen-bond donors (Lipinski definition) is 0. The Morgan fingerprint density at radius 1 is 0.233 bits per heavy atom. The fraction of sp³-hybridized carbons (Fsp3) is 0.491. The van der Waals surface area contributed by atoms with Gasteiger partial charge in [0.1, 0.15) is 0 Å². The molecule has 0 spiro atoms. The van der Waals surface area contributed by atoms with E-state index >= 15 is 0 Å². The number of rotatable bonds is 57. The molecule has 6 heteroatoms. The molecule has 0 amide bonds. The van der Waals surface area contributed by atoms with Crippen LogP contribution in [0.5, 0.6) is 0 Å². The van der Waals surface area contributed by atoms with Crippen LogP contribution in [0.4, 0.5) is 0 Å². The van der Waals surface area contributed by atoms with Crippen molar-refractivity contribution in [1.82, 2.24) is 0 Å². The quantitative estimate of drug-likeness (QED) is 0.0158. The maximum absolute atomic E-state index is 12.1. The fourth-order valence-corrected chi connectivity index (χ4v) is 18.5. The number of unbranched alkanes of at least 4 members (excludes halogenated alkanes) is 27. The van der Waals surface area contributed by atoms with E-state index in [0.29, 0.717) is 0 Å². The summed E-state index contributed by atoms with van der Waals surface area (Å²) in [5.74, 6) is 0. The van der Waals surface area contributed by atoms with Gasteiger partial charge < -0.3 is 11.1 Å². The van der Waals surface area contributed by atoms with Gasteiger partial charge in [0.25, 0.3) is 0 Å². The average molecular weight is 1700 g/mol. The summed E-state index contributed by atoms with van der Waals surface area (Å²) in [4.78, 5) is 0. The predicted octanol–water partition coefficient (Wildman–Crippen LogP) is 34.3. The van der Waals surface area contributed by atoms with Crippen LogP contribution in [0.15, 0.2) is 253 Å². The first-order valence-corrected chi connectivity index (χ1v) is 50.7. The van der Waals surface area contributed by atoms with Crippen LogP contribution < -0.4 is 9.07 Å². The zero-order valence-electron chi connectivity index (χ0n) is 76.3. The SMILES string of the molecule is CCCCCCC1=C(c2ccc(CCCC)cc2)[N+](=[N-])C(c2ccc(CCCCCC)cc2)=C1CCCCCC.CCCCCCCCCCCCCC=CCCCc1ccccc1C1=C(CCCC)C(CCCC)=C(c2ccc(CCCCCC)cc2)[N+]1=[N-].c1cc[c]([Ni][c]2ccccc2)cc1.c1ccc(C[CH2][Ni][CH2]Cc2ccccc2)cc1. The Morgan fingerprint density at radius 2 is 0.508 bits per heavy atom. The Morgan fingerprint density at radius 3 is 0.892 bits per heavy atom. The van der Waals surface area contributed by atoms with Gasteiger partial charge >= 0.3 is 194 Å². The van der Waals surface area contributed by atoms with Crippen molar-refractivity contribution < 1.29 is 38.3 Å². The van der Waals surface area contributed by atoms with Crippen molar-refractivity contribution >= 4 is 31.9 Å². The van der Waals surface area contributed by atoms with Crippen LogP contribution >= 0.6 is 0 Å². The first-order chi connectivity index (χ1) is 59.2. The number of aryl methyl sites for hydroxylation is 6. The van der Waals surface area contributed by atoms with Crippen LogP contribution in [0.3, 0.4) is 0 Å².